The molecule has 0 fully saturated rings. The number of aromatic nitrogens is 4. The lowest BCUT2D eigenvalue weighted by Gasteiger charge is -2.06. The molecule has 0 amide bonds. The van der Waals surface area contributed by atoms with Crippen LogP contribution in [0.1, 0.15) is 5.56 Å². The van der Waals surface area contributed by atoms with Gasteiger partial charge in [-0.15, -0.1) is 0 Å². The van der Waals surface area contributed by atoms with Crippen LogP contribution in [0.4, 0.5) is 10.3 Å². The van der Waals surface area contributed by atoms with E-state index in [4.69, 9.17) is 11.6 Å². The molecule has 0 aliphatic carbocycles. The predicted octanol–water partition coefficient (Wildman–Crippen LogP) is 1.17. The molecule has 11 heteroatoms. The van der Waals surface area contributed by atoms with Gasteiger partial charge in [0.05, 0.1) is 0 Å². The van der Waals surface area contributed by atoms with E-state index in [9.17, 15) is 24.1 Å². The summed E-state index contributed by atoms with van der Waals surface area (Å²) < 4.78 is 15.9. The number of hydrogen-bond acceptors (Lipinski definition) is 5. The van der Waals surface area contributed by atoms with Crippen molar-refractivity contribution in [2.75, 3.05) is 0 Å². The summed E-state index contributed by atoms with van der Waals surface area (Å²) in [5.74, 6) is -1.38. The molecule has 2 aromatic heterocycles. The number of nitrogens with one attached hydrogen (secondary N) is 1. The van der Waals surface area contributed by atoms with Gasteiger partial charge >= 0.3 is 11.6 Å². The second-order valence-corrected chi connectivity index (χ2v) is 5.35. The quantitative estimate of drug-likeness (QED) is 0.560. The average molecular weight is 354 g/mol. The van der Waals surface area contributed by atoms with E-state index in [1.54, 1.807) is 0 Å². The maximum atomic E-state index is 14.0. The zero-order valence-corrected chi connectivity index (χ0v) is 12.9. The number of benzene rings is 1. The molecule has 2 heterocycles. The molecule has 0 atom stereocenters. The lowest BCUT2D eigenvalue weighted by Crippen LogP contribution is -2.29. The Morgan fingerprint density at radius 2 is 2.12 bits per heavy atom. The van der Waals surface area contributed by atoms with E-state index < -0.39 is 27.9 Å². The van der Waals surface area contributed by atoms with Crippen molar-refractivity contribution >= 4 is 28.7 Å². The summed E-state index contributed by atoms with van der Waals surface area (Å²) in [6.45, 7) is -0.389. The third-order valence-corrected chi connectivity index (χ3v) is 3.88. The van der Waals surface area contributed by atoms with E-state index in [0.717, 1.165) is 15.2 Å². The minimum atomic E-state index is -0.860. The third-order valence-electron chi connectivity index (χ3n) is 3.53. The Morgan fingerprint density at radius 3 is 2.75 bits per heavy atom. The molecule has 0 saturated heterocycles. The molecule has 3 rings (SSSR count). The van der Waals surface area contributed by atoms with Crippen LogP contribution >= 0.6 is 11.6 Å². The maximum absolute atomic E-state index is 14.0. The van der Waals surface area contributed by atoms with Crippen LogP contribution in [0.2, 0.25) is 5.02 Å². The highest BCUT2D eigenvalue weighted by Crippen LogP contribution is 2.24. The van der Waals surface area contributed by atoms with Crippen molar-refractivity contribution < 1.29 is 9.31 Å². The molecule has 0 unspecified atom stereocenters. The number of hydrogen-bond donors (Lipinski definition) is 1. The van der Waals surface area contributed by atoms with Crippen molar-refractivity contribution in [3.8, 4) is 0 Å². The topological polar surface area (TPSA) is 116 Å². The monoisotopic (exact) mass is 353 g/mol. The summed E-state index contributed by atoms with van der Waals surface area (Å²) in [5, 5.41) is 11.3. The fourth-order valence-electron chi connectivity index (χ4n) is 2.35. The first-order chi connectivity index (χ1) is 11.3. The first-order valence-corrected chi connectivity index (χ1v) is 6.96. The Balaban J connectivity index is 2.37. The Hall–Kier alpha value is -3.01. The molecule has 0 bridgehead atoms. The van der Waals surface area contributed by atoms with Gasteiger partial charge in [0.1, 0.15) is 12.4 Å². The molecule has 0 aliphatic heterocycles. The van der Waals surface area contributed by atoms with Crippen LogP contribution < -0.4 is 11.2 Å². The fraction of sp³-hybridized carbons (Fsp3) is 0.154. The zero-order chi connectivity index (χ0) is 17.6. The smallest absolute Gasteiger partial charge is 0.390 e. The molecule has 1 N–H and O–H groups in total. The molecule has 0 spiro atoms. The Labute approximate surface area is 137 Å². The highest BCUT2D eigenvalue weighted by atomic mass is 35.5. The van der Waals surface area contributed by atoms with Crippen molar-refractivity contribution in [3.05, 3.63) is 65.6 Å². The number of aromatic amines is 1. The minimum absolute atomic E-state index is 0.0326. The van der Waals surface area contributed by atoms with Crippen LogP contribution in [0.15, 0.2) is 27.8 Å². The van der Waals surface area contributed by atoms with Crippen molar-refractivity contribution in [2.24, 2.45) is 7.05 Å². The standard InChI is InChI=1S/C13H9ClFN5O4/c1-18-10-9(11(21)17-13(18)22)19(12(16-10)20(23)24)5-6-7(14)3-2-4-8(6)15/h2-4H,5H2,1H3,(H,17,21,22). The van der Waals surface area contributed by atoms with Crippen molar-refractivity contribution in [3.63, 3.8) is 0 Å². The summed E-state index contributed by atoms with van der Waals surface area (Å²) in [6, 6.07) is 3.95. The number of H-pyrrole nitrogens is 1. The largest absolute Gasteiger partial charge is 0.437 e. The molecule has 1 aromatic carbocycles. The summed E-state index contributed by atoms with van der Waals surface area (Å²) in [7, 11) is 1.30. The molecule has 0 radical (unpaired) electrons. The van der Waals surface area contributed by atoms with Crippen molar-refractivity contribution in [1.29, 1.82) is 0 Å². The summed E-state index contributed by atoms with van der Waals surface area (Å²) in [4.78, 5) is 39.9. The summed E-state index contributed by atoms with van der Waals surface area (Å²) in [5.41, 5.74) is -2.06. The number of aryl methyl sites for hydroxylation is 1. The first-order valence-electron chi connectivity index (χ1n) is 6.58. The van der Waals surface area contributed by atoms with Crippen LogP contribution in [-0.2, 0) is 13.6 Å². The molecule has 3 aromatic rings. The molecular weight excluding hydrogens is 345 g/mol. The highest BCUT2D eigenvalue weighted by Gasteiger charge is 2.28. The number of fused-ring (bicyclic) bond motifs is 1. The number of halogens is 2. The molecule has 24 heavy (non-hydrogen) atoms. The van der Waals surface area contributed by atoms with Crippen LogP contribution in [0.25, 0.3) is 11.2 Å². The molecule has 0 aliphatic rings. The fourth-order valence-corrected chi connectivity index (χ4v) is 2.58. The SMILES string of the molecule is Cn1c(=O)[nH]c(=O)c2c1nc([N+](=O)[O-])n2Cc1c(F)cccc1Cl. The number of nitro groups is 1. The van der Waals surface area contributed by atoms with Gasteiger partial charge in [0.25, 0.3) is 11.2 Å². The second-order valence-electron chi connectivity index (χ2n) is 4.95. The average Bonchev–Trinajstić information content (AvgIpc) is 2.89. The van der Waals surface area contributed by atoms with Gasteiger partial charge in [-0.1, -0.05) is 17.7 Å². The summed E-state index contributed by atoms with van der Waals surface area (Å²) >= 11 is 5.94. The minimum Gasteiger partial charge on any atom is -0.390 e. The van der Waals surface area contributed by atoms with Gasteiger partial charge in [0, 0.05) is 17.6 Å². The lowest BCUT2D eigenvalue weighted by molar-refractivity contribution is -0.396. The normalized spacial score (nSPS) is 11.1. The van der Waals surface area contributed by atoms with Gasteiger partial charge in [-0.25, -0.2) is 13.8 Å². The maximum Gasteiger partial charge on any atom is 0.437 e. The highest BCUT2D eigenvalue weighted by molar-refractivity contribution is 6.31. The van der Waals surface area contributed by atoms with Gasteiger partial charge < -0.3 is 10.1 Å². The van der Waals surface area contributed by atoms with Crippen LogP contribution in [-0.4, -0.2) is 24.0 Å². The van der Waals surface area contributed by atoms with Crippen LogP contribution in [0.5, 0.6) is 0 Å². The molecule has 9 nitrogen and oxygen atoms in total. The van der Waals surface area contributed by atoms with Gasteiger partial charge in [0.15, 0.2) is 0 Å². The van der Waals surface area contributed by atoms with Gasteiger partial charge in [-0.3, -0.25) is 14.3 Å². The van der Waals surface area contributed by atoms with E-state index in [1.165, 1.54) is 19.2 Å². The van der Waals surface area contributed by atoms with Crippen molar-refractivity contribution in [1.82, 2.24) is 19.1 Å². The van der Waals surface area contributed by atoms with Gasteiger partial charge in [-0.05, 0) is 22.0 Å². The van der Waals surface area contributed by atoms with Crippen LogP contribution in [0, 0.1) is 15.9 Å². The Morgan fingerprint density at radius 1 is 1.42 bits per heavy atom. The first kappa shape index (κ1) is 15.9. The van der Waals surface area contributed by atoms with E-state index in [1.807, 2.05) is 4.98 Å². The Bertz CT molecular complexity index is 1080. The predicted molar refractivity (Wildman–Crippen MR) is 82.8 cm³/mol. The number of rotatable bonds is 3. The van der Waals surface area contributed by atoms with Crippen LogP contribution in [0.3, 0.4) is 0 Å². The Kier molecular flexibility index (Phi) is 3.68. The van der Waals surface area contributed by atoms with E-state index in [2.05, 4.69) is 4.98 Å². The van der Waals surface area contributed by atoms with Gasteiger partial charge in [-0.2, -0.15) is 0 Å². The molecule has 0 saturated carbocycles. The molecule has 124 valence electrons. The van der Waals surface area contributed by atoms with Crippen molar-refractivity contribution in [2.45, 2.75) is 6.54 Å². The van der Waals surface area contributed by atoms with E-state index in [0.29, 0.717) is 0 Å². The van der Waals surface area contributed by atoms with Gasteiger partial charge in [0.2, 0.25) is 5.52 Å². The lowest BCUT2D eigenvalue weighted by atomic mass is 10.2. The van der Waals surface area contributed by atoms with E-state index in [-0.39, 0.29) is 28.3 Å². The van der Waals surface area contributed by atoms with E-state index >= 15 is 0 Å². The summed E-state index contributed by atoms with van der Waals surface area (Å²) in [6.07, 6.45) is 0. The third kappa shape index (κ3) is 2.36. The second kappa shape index (κ2) is 5.57. The molecular formula is C13H9ClFN5O4. The number of nitrogens with zero attached hydrogens (tertiary/aromatic N) is 4. The number of imidazole rings is 1. The zero-order valence-electron chi connectivity index (χ0n) is 12.1.